The first-order valence-corrected chi connectivity index (χ1v) is 12.6. The number of carbonyl (C=O) groups is 2. The Balaban J connectivity index is 2.23. The van der Waals surface area contributed by atoms with E-state index in [-0.39, 0.29) is 24.8 Å². The summed E-state index contributed by atoms with van der Waals surface area (Å²) in [6.45, 7) is 12.6. The van der Waals surface area contributed by atoms with Gasteiger partial charge in [-0.05, 0) is 83.4 Å². The quantitative estimate of drug-likeness (QED) is 0.389. The maximum Gasteiger partial charge on any atom is 0.242 e. The summed E-state index contributed by atoms with van der Waals surface area (Å²) in [6, 6.07) is 10.2. The van der Waals surface area contributed by atoms with Gasteiger partial charge in [0.2, 0.25) is 11.8 Å². The van der Waals surface area contributed by atoms with Crippen LogP contribution < -0.4 is 14.8 Å². The molecule has 0 aromatic heterocycles. The van der Waals surface area contributed by atoms with Gasteiger partial charge in [0.25, 0.3) is 0 Å². The number of nitrogens with zero attached hydrogens (tertiary/aromatic N) is 1. The lowest BCUT2D eigenvalue weighted by Gasteiger charge is -2.31. The molecule has 0 aliphatic rings. The number of nitrogens with one attached hydrogen (secondary N) is 1. The highest BCUT2D eigenvalue weighted by Crippen LogP contribution is 2.29. The van der Waals surface area contributed by atoms with E-state index in [0.717, 1.165) is 11.1 Å². The molecule has 0 radical (unpaired) electrons. The smallest absolute Gasteiger partial charge is 0.242 e. The van der Waals surface area contributed by atoms with E-state index >= 15 is 0 Å². The van der Waals surface area contributed by atoms with Gasteiger partial charge in [-0.25, -0.2) is 0 Å². The fourth-order valence-corrected chi connectivity index (χ4v) is 3.86. The highest BCUT2D eigenvalue weighted by atomic mass is 35.5. The van der Waals surface area contributed by atoms with Gasteiger partial charge in [0.15, 0.2) is 11.5 Å². The lowest BCUT2D eigenvalue weighted by Crippen LogP contribution is -2.52. The van der Waals surface area contributed by atoms with Gasteiger partial charge in [0, 0.05) is 18.5 Å². The second kappa shape index (κ2) is 13.0. The molecule has 0 heterocycles. The van der Waals surface area contributed by atoms with Crippen molar-refractivity contribution in [3.05, 3.63) is 57.6 Å². The van der Waals surface area contributed by atoms with E-state index in [0.29, 0.717) is 41.2 Å². The highest BCUT2D eigenvalue weighted by Gasteiger charge is 2.28. The Morgan fingerprint density at radius 1 is 0.943 bits per heavy atom. The molecule has 2 amide bonds. The van der Waals surface area contributed by atoms with Gasteiger partial charge < -0.3 is 19.7 Å². The number of hydrogen-bond donors (Lipinski definition) is 1. The zero-order valence-corrected chi connectivity index (χ0v) is 22.9. The third-order valence-electron chi connectivity index (χ3n) is 5.24. The van der Waals surface area contributed by atoms with Gasteiger partial charge in [-0.2, -0.15) is 0 Å². The third kappa shape index (κ3) is 8.93. The van der Waals surface area contributed by atoms with Gasteiger partial charge in [-0.1, -0.05) is 35.3 Å². The summed E-state index contributed by atoms with van der Waals surface area (Å²) < 4.78 is 11.3. The molecule has 0 saturated carbocycles. The van der Waals surface area contributed by atoms with Crippen LogP contribution in [0.25, 0.3) is 0 Å². The number of aryl methyl sites for hydroxylation is 1. The molecule has 2 aromatic carbocycles. The molecule has 192 valence electrons. The second-order valence-electron chi connectivity index (χ2n) is 9.33. The minimum Gasteiger partial charge on any atom is -0.490 e. The molecule has 8 heteroatoms. The van der Waals surface area contributed by atoms with Crippen molar-refractivity contribution in [3.8, 4) is 11.5 Å². The number of carbonyl (C=O) groups excluding carboxylic acids is 2. The summed E-state index contributed by atoms with van der Waals surface area (Å²) >= 11 is 12.2. The molecule has 1 atom stereocenters. The lowest BCUT2D eigenvalue weighted by atomic mass is 10.1. The normalized spacial score (nSPS) is 12.1. The van der Waals surface area contributed by atoms with Crippen LogP contribution in [0.5, 0.6) is 11.5 Å². The number of halogens is 2. The number of amides is 2. The fourth-order valence-electron chi connectivity index (χ4n) is 3.54. The van der Waals surface area contributed by atoms with Crippen molar-refractivity contribution in [3.63, 3.8) is 0 Å². The Hall–Kier alpha value is -2.44. The Labute approximate surface area is 218 Å². The van der Waals surface area contributed by atoms with Crippen LogP contribution in [0, 0.1) is 0 Å². The van der Waals surface area contributed by atoms with Crippen molar-refractivity contribution < 1.29 is 19.1 Å². The van der Waals surface area contributed by atoms with Crippen molar-refractivity contribution in [1.29, 1.82) is 0 Å². The molecule has 1 unspecified atom stereocenters. The number of hydrogen-bond acceptors (Lipinski definition) is 4. The molecule has 0 spiro atoms. The van der Waals surface area contributed by atoms with Crippen LogP contribution in [-0.2, 0) is 22.6 Å². The molecule has 6 nitrogen and oxygen atoms in total. The van der Waals surface area contributed by atoms with Crippen molar-refractivity contribution in [2.24, 2.45) is 0 Å². The van der Waals surface area contributed by atoms with E-state index in [4.69, 9.17) is 32.7 Å². The van der Waals surface area contributed by atoms with Crippen molar-refractivity contribution >= 4 is 35.0 Å². The third-order valence-corrected chi connectivity index (χ3v) is 5.98. The van der Waals surface area contributed by atoms with Gasteiger partial charge in [0.05, 0.1) is 23.3 Å². The highest BCUT2D eigenvalue weighted by molar-refractivity contribution is 6.42. The number of benzene rings is 2. The van der Waals surface area contributed by atoms with E-state index < -0.39 is 11.6 Å². The number of ether oxygens (including phenoxy) is 2. The van der Waals surface area contributed by atoms with Crippen molar-refractivity contribution in [2.75, 3.05) is 13.2 Å². The van der Waals surface area contributed by atoms with Crippen LogP contribution in [0.3, 0.4) is 0 Å². The van der Waals surface area contributed by atoms with E-state index in [1.165, 1.54) is 0 Å². The Bertz CT molecular complexity index is 1020. The molecule has 0 fully saturated rings. The molecular formula is C27H36Cl2N2O4. The molecule has 2 aromatic rings. The van der Waals surface area contributed by atoms with Gasteiger partial charge in [-0.15, -0.1) is 0 Å². The zero-order valence-electron chi connectivity index (χ0n) is 21.4. The molecule has 0 bridgehead atoms. The van der Waals surface area contributed by atoms with E-state index in [1.54, 1.807) is 24.0 Å². The number of rotatable bonds is 11. The van der Waals surface area contributed by atoms with E-state index in [2.05, 4.69) is 5.32 Å². The Morgan fingerprint density at radius 2 is 1.57 bits per heavy atom. The average Bonchev–Trinajstić information content (AvgIpc) is 2.78. The first kappa shape index (κ1) is 28.8. The maximum atomic E-state index is 13.4. The van der Waals surface area contributed by atoms with Crippen LogP contribution in [0.1, 0.15) is 59.1 Å². The van der Waals surface area contributed by atoms with Crippen LogP contribution >= 0.6 is 23.2 Å². The molecule has 35 heavy (non-hydrogen) atoms. The summed E-state index contributed by atoms with van der Waals surface area (Å²) in [5, 5.41) is 3.80. The van der Waals surface area contributed by atoms with Crippen LogP contribution in [0.15, 0.2) is 36.4 Å². The van der Waals surface area contributed by atoms with Crippen molar-refractivity contribution in [1.82, 2.24) is 10.2 Å². The lowest BCUT2D eigenvalue weighted by molar-refractivity contribution is -0.141. The summed E-state index contributed by atoms with van der Waals surface area (Å²) in [7, 11) is 0. The summed E-state index contributed by atoms with van der Waals surface area (Å²) in [4.78, 5) is 27.9. The summed E-state index contributed by atoms with van der Waals surface area (Å²) in [6.07, 6.45) is 0.727. The van der Waals surface area contributed by atoms with E-state index in [9.17, 15) is 9.59 Å². The molecule has 0 aliphatic carbocycles. The molecule has 1 N–H and O–H groups in total. The summed E-state index contributed by atoms with van der Waals surface area (Å²) in [5.74, 6) is 0.980. The monoisotopic (exact) mass is 522 g/mol. The van der Waals surface area contributed by atoms with Gasteiger partial charge in [0.1, 0.15) is 6.04 Å². The summed E-state index contributed by atoms with van der Waals surface area (Å²) in [5.41, 5.74) is 1.33. The SMILES string of the molecule is CCOc1ccc(CCC(=O)N(Cc2ccc(Cl)c(Cl)c2)C(C)C(=O)NC(C)(C)C)cc1OCC. The van der Waals surface area contributed by atoms with Crippen molar-refractivity contribution in [2.45, 2.75) is 72.5 Å². The molecule has 2 rings (SSSR count). The largest absolute Gasteiger partial charge is 0.490 e. The van der Waals surface area contributed by atoms with E-state index in [1.807, 2.05) is 58.9 Å². The van der Waals surface area contributed by atoms with Crippen LogP contribution in [0.4, 0.5) is 0 Å². The Morgan fingerprint density at radius 3 is 2.17 bits per heavy atom. The standard InChI is InChI=1S/C27H36Cl2N2O4/c1-7-34-23-13-10-19(16-24(23)35-8-2)11-14-25(32)31(18(3)26(33)30-27(4,5)6)17-20-9-12-21(28)22(29)15-20/h9-10,12-13,15-16,18H,7-8,11,14,17H2,1-6H3,(H,30,33). The molecule has 0 saturated heterocycles. The first-order chi connectivity index (χ1) is 16.4. The fraction of sp³-hybridized carbons (Fsp3) is 0.481. The first-order valence-electron chi connectivity index (χ1n) is 11.9. The van der Waals surface area contributed by atoms with Crippen LogP contribution in [-0.4, -0.2) is 41.5 Å². The minimum absolute atomic E-state index is 0.139. The predicted octanol–water partition coefficient (Wildman–Crippen LogP) is 6.06. The Kier molecular flexibility index (Phi) is 10.7. The minimum atomic E-state index is -0.671. The molecule has 0 aliphatic heterocycles. The van der Waals surface area contributed by atoms with Gasteiger partial charge >= 0.3 is 0 Å². The van der Waals surface area contributed by atoms with Gasteiger partial charge in [-0.3, -0.25) is 9.59 Å². The average molecular weight is 524 g/mol. The molecular weight excluding hydrogens is 487 g/mol. The maximum absolute atomic E-state index is 13.4. The van der Waals surface area contributed by atoms with Crippen LogP contribution in [0.2, 0.25) is 10.0 Å². The zero-order chi connectivity index (χ0) is 26.2. The second-order valence-corrected chi connectivity index (χ2v) is 10.1. The topological polar surface area (TPSA) is 67.9 Å². The predicted molar refractivity (Wildman–Crippen MR) is 141 cm³/mol.